The Labute approximate surface area is 188 Å². The zero-order valence-corrected chi connectivity index (χ0v) is 17.9. The standard InChI is InChI=1S/C24H20ClN3O4/c1-32-22-10-8-17(12-19(22)25)28-14-27-20-11-16(7-9-18(20)24(28)31)23(30)26-13-21(29)15-5-3-2-4-6-15/h2-12,14,21,29H,13H2,1H3,(H,26,30)/t21-/m1/s1. The molecule has 3 aromatic carbocycles. The van der Waals surface area contributed by atoms with Crippen molar-refractivity contribution in [2.24, 2.45) is 0 Å². The Hall–Kier alpha value is -3.68. The number of rotatable bonds is 6. The quantitative estimate of drug-likeness (QED) is 0.470. The van der Waals surface area contributed by atoms with Crippen LogP contribution in [-0.2, 0) is 0 Å². The summed E-state index contributed by atoms with van der Waals surface area (Å²) in [5.74, 6) is 0.139. The summed E-state index contributed by atoms with van der Waals surface area (Å²) in [6.07, 6.45) is 0.575. The van der Waals surface area contributed by atoms with Gasteiger partial charge in [-0.2, -0.15) is 0 Å². The van der Waals surface area contributed by atoms with Gasteiger partial charge in [0.1, 0.15) is 12.1 Å². The Balaban J connectivity index is 1.56. The molecule has 0 saturated carbocycles. The van der Waals surface area contributed by atoms with Gasteiger partial charge in [-0.15, -0.1) is 0 Å². The smallest absolute Gasteiger partial charge is 0.265 e. The Bertz CT molecular complexity index is 1340. The summed E-state index contributed by atoms with van der Waals surface area (Å²) >= 11 is 6.17. The molecule has 2 N–H and O–H groups in total. The van der Waals surface area contributed by atoms with E-state index in [0.717, 1.165) is 0 Å². The number of hydrogen-bond donors (Lipinski definition) is 2. The fourth-order valence-electron chi connectivity index (χ4n) is 3.34. The molecule has 162 valence electrons. The zero-order chi connectivity index (χ0) is 22.7. The average Bonchev–Trinajstić information content (AvgIpc) is 2.82. The zero-order valence-electron chi connectivity index (χ0n) is 17.2. The van der Waals surface area contributed by atoms with Crippen LogP contribution in [0.15, 0.2) is 77.9 Å². The van der Waals surface area contributed by atoms with Gasteiger partial charge in [-0.05, 0) is 42.0 Å². The lowest BCUT2D eigenvalue weighted by atomic mass is 10.1. The molecule has 32 heavy (non-hydrogen) atoms. The maximum Gasteiger partial charge on any atom is 0.265 e. The molecule has 0 fully saturated rings. The highest BCUT2D eigenvalue weighted by Gasteiger charge is 2.13. The van der Waals surface area contributed by atoms with Crippen LogP contribution in [-0.4, -0.2) is 34.2 Å². The second-order valence-corrected chi connectivity index (χ2v) is 7.51. The minimum atomic E-state index is -0.817. The van der Waals surface area contributed by atoms with E-state index in [1.807, 2.05) is 18.2 Å². The number of aliphatic hydroxyl groups excluding tert-OH is 1. The van der Waals surface area contributed by atoms with E-state index in [2.05, 4.69) is 10.3 Å². The SMILES string of the molecule is COc1ccc(-n2cnc3cc(C(=O)NC[C@@H](O)c4ccccc4)ccc3c2=O)cc1Cl. The Morgan fingerprint density at radius 2 is 1.94 bits per heavy atom. The summed E-state index contributed by atoms with van der Waals surface area (Å²) in [4.78, 5) is 29.8. The summed E-state index contributed by atoms with van der Waals surface area (Å²) in [5.41, 5.74) is 1.71. The van der Waals surface area contributed by atoms with Gasteiger partial charge in [-0.3, -0.25) is 14.2 Å². The molecule has 4 rings (SSSR count). The number of carbonyl (C=O) groups excluding carboxylic acids is 1. The van der Waals surface area contributed by atoms with Crippen molar-refractivity contribution in [1.29, 1.82) is 0 Å². The summed E-state index contributed by atoms with van der Waals surface area (Å²) in [7, 11) is 1.51. The number of carbonyl (C=O) groups is 1. The number of nitrogens with zero attached hydrogens (tertiary/aromatic N) is 2. The highest BCUT2D eigenvalue weighted by molar-refractivity contribution is 6.32. The van der Waals surface area contributed by atoms with Gasteiger partial charge >= 0.3 is 0 Å². The van der Waals surface area contributed by atoms with Gasteiger partial charge in [0.25, 0.3) is 11.5 Å². The van der Waals surface area contributed by atoms with Gasteiger partial charge in [0.2, 0.25) is 0 Å². The van der Waals surface area contributed by atoms with Gasteiger partial charge in [-0.25, -0.2) is 4.98 Å². The van der Waals surface area contributed by atoms with E-state index in [1.54, 1.807) is 48.5 Å². The van der Waals surface area contributed by atoms with Crippen LogP contribution in [0.3, 0.4) is 0 Å². The molecule has 1 heterocycles. The van der Waals surface area contributed by atoms with Crippen LogP contribution in [0.25, 0.3) is 16.6 Å². The third kappa shape index (κ3) is 4.34. The van der Waals surface area contributed by atoms with E-state index in [4.69, 9.17) is 16.3 Å². The van der Waals surface area contributed by atoms with E-state index in [-0.39, 0.29) is 18.0 Å². The third-order valence-electron chi connectivity index (χ3n) is 5.08. The number of fused-ring (bicyclic) bond motifs is 1. The van der Waals surface area contributed by atoms with Crippen molar-refractivity contribution < 1.29 is 14.6 Å². The molecular weight excluding hydrogens is 430 g/mol. The van der Waals surface area contributed by atoms with E-state index in [1.165, 1.54) is 18.0 Å². The van der Waals surface area contributed by atoms with Crippen LogP contribution in [0.2, 0.25) is 5.02 Å². The molecule has 1 atom stereocenters. The normalized spacial score (nSPS) is 11.8. The first kappa shape index (κ1) is 21.5. The second kappa shape index (κ2) is 9.21. The molecule has 0 spiro atoms. The lowest BCUT2D eigenvalue weighted by molar-refractivity contribution is 0.0916. The maximum atomic E-state index is 13.0. The fourth-order valence-corrected chi connectivity index (χ4v) is 3.59. The topological polar surface area (TPSA) is 93.5 Å². The van der Waals surface area contributed by atoms with Crippen molar-refractivity contribution in [3.05, 3.63) is 99.6 Å². The van der Waals surface area contributed by atoms with Crippen molar-refractivity contribution in [2.75, 3.05) is 13.7 Å². The summed E-state index contributed by atoms with van der Waals surface area (Å²) in [6.45, 7) is 0.0636. The molecule has 7 nitrogen and oxygen atoms in total. The number of benzene rings is 3. The highest BCUT2D eigenvalue weighted by atomic mass is 35.5. The Morgan fingerprint density at radius 3 is 2.66 bits per heavy atom. The largest absolute Gasteiger partial charge is 0.495 e. The van der Waals surface area contributed by atoms with Crippen molar-refractivity contribution in [2.45, 2.75) is 6.10 Å². The van der Waals surface area contributed by atoms with Crippen LogP contribution in [0, 0.1) is 0 Å². The molecule has 8 heteroatoms. The van der Waals surface area contributed by atoms with E-state index in [0.29, 0.717) is 38.5 Å². The first-order valence-electron chi connectivity index (χ1n) is 9.84. The van der Waals surface area contributed by atoms with Gasteiger partial charge in [0.15, 0.2) is 0 Å². The molecule has 0 unspecified atom stereocenters. The molecule has 1 amide bonds. The molecule has 0 radical (unpaired) electrons. The third-order valence-corrected chi connectivity index (χ3v) is 5.37. The first-order chi connectivity index (χ1) is 15.5. The minimum Gasteiger partial charge on any atom is -0.495 e. The van der Waals surface area contributed by atoms with Crippen molar-refractivity contribution in [3.63, 3.8) is 0 Å². The molecule has 1 aromatic heterocycles. The Morgan fingerprint density at radius 1 is 1.16 bits per heavy atom. The number of hydrogen-bond acceptors (Lipinski definition) is 5. The molecule has 4 aromatic rings. The van der Waals surface area contributed by atoms with Crippen LogP contribution in [0.5, 0.6) is 5.75 Å². The number of nitrogens with one attached hydrogen (secondary N) is 1. The average molecular weight is 450 g/mol. The summed E-state index contributed by atoms with van der Waals surface area (Å²) in [6, 6.07) is 18.7. The van der Waals surface area contributed by atoms with Crippen molar-refractivity contribution >= 4 is 28.4 Å². The van der Waals surface area contributed by atoms with Crippen molar-refractivity contribution in [3.8, 4) is 11.4 Å². The molecule has 0 bridgehead atoms. The minimum absolute atomic E-state index is 0.0636. The second-order valence-electron chi connectivity index (χ2n) is 7.11. The monoisotopic (exact) mass is 449 g/mol. The van der Waals surface area contributed by atoms with Gasteiger partial charge in [0, 0.05) is 12.1 Å². The molecule has 0 aliphatic heterocycles. The summed E-state index contributed by atoms with van der Waals surface area (Å²) < 4.78 is 6.52. The van der Waals surface area contributed by atoms with Crippen molar-refractivity contribution in [1.82, 2.24) is 14.9 Å². The number of halogens is 1. The van der Waals surface area contributed by atoms with Gasteiger partial charge in [-0.1, -0.05) is 41.9 Å². The van der Waals surface area contributed by atoms with Crippen LogP contribution in [0.4, 0.5) is 0 Å². The van der Waals surface area contributed by atoms with Gasteiger partial charge < -0.3 is 15.2 Å². The molecule has 0 aliphatic rings. The molecule has 0 saturated heterocycles. The number of ether oxygens (including phenoxy) is 1. The maximum absolute atomic E-state index is 13.0. The Kier molecular flexibility index (Phi) is 6.20. The van der Waals surface area contributed by atoms with E-state index >= 15 is 0 Å². The van der Waals surface area contributed by atoms with Gasteiger partial charge in [0.05, 0.1) is 34.8 Å². The predicted octanol–water partition coefficient (Wildman–Crippen LogP) is 3.51. The lowest BCUT2D eigenvalue weighted by Gasteiger charge is -2.12. The van der Waals surface area contributed by atoms with Crippen LogP contribution >= 0.6 is 11.6 Å². The van der Waals surface area contributed by atoms with Crippen LogP contribution in [0.1, 0.15) is 22.0 Å². The predicted molar refractivity (Wildman–Crippen MR) is 123 cm³/mol. The summed E-state index contributed by atoms with van der Waals surface area (Å²) in [5, 5.41) is 13.7. The number of amides is 1. The number of methoxy groups -OCH3 is 1. The fraction of sp³-hybridized carbons (Fsp3) is 0.125. The number of aliphatic hydroxyl groups is 1. The molecule has 0 aliphatic carbocycles. The number of aromatic nitrogens is 2. The lowest BCUT2D eigenvalue weighted by Crippen LogP contribution is -2.28. The highest BCUT2D eigenvalue weighted by Crippen LogP contribution is 2.26. The van der Waals surface area contributed by atoms with E-state index in [9.17, 15) is 14.7 Å². The van der Waals surface area contributed by atoms with E-state index < -0.39 is 6.10 Å². The first-order valence-corrected chi connectivity index (χ1v) is 10.2. The molecular formula is C24H20ClN3O4. The van der Waals surface area contributed by atoms with Crippen LogP contribution < -0.4 is 15.6 Å².